The van der Waals surface area contributed by atoms with Crippen LogP contribution in [-0.2, 0) is 32.1 Å². The number of carbonyl (C=O) groups is 4. The molecular weight excluding hydrogens is 556 g/mol. The summed E-state index contributed by atoms with van der Waals surface area (Å²) >= 11 is 0. The van der Waals surface area contributed by atoms with E-state index in [2.05, 4.69) is 5.32 Å². The molecule has 43 heavy (non-hydrogen) atoms. The second kappa shape index (κ2) is 11.2. The number of aliphatic hydroxyl groups is 3. The summed E-state index contributed by atoms with van der Waals surface area (Å²) in [4.78, 5) is 55.7. The summed E-state index contributed by atoms with van der Waals surface area (Å²) in [7, 11) is 6.80. The average molecular weight is 601 g/mol. The molecule has 0 bridgehead atoms. The molecule has 0 saturated heterocycles. The number of benzene rings is 1. The zero-order chi connectivity index (χ0) is 32.3. The van der Waals surface area contributed by atoms with E-state index in [0.717, 1.165) is 0 Å². The Balaban J connectivity index is 1.81. The molecule has 236 valence electrons. The largest absolute Gasteiger partial charge is 0.507 e. The smallest absolute Gasteiger partial charge is 0.230 e. The van der Waals surface area contributed by atoms with E-state index < -0.39 is 58.7 Å². The number of phenolic OH excluding ortho intramolecular Hbond substituents is 1. The number of aliphatic hydroxyl groups excluding tert-OH is 2. The molecule has 6 atom stereocenters. The molecule has 0 heterocycles. The predicted octanol–water partition coefficient (Wildman–Crippen LogP) is 0.638. The van der Waals surface area contributed by atoms with Crippen LogP contribution in [0.4, 0.5) is 5.69 Å². The van der Waals surface area contributed by atoms with Gasteiger partial charge < -0.3 is 41.3 Å². The highest BCUT2D eigenvalue weighted by atomic mass is 16.3. The molecule has 7 N–H and O–H groups in total. The van der Waals surface area contributed by atoms with Crippen LogP contribution in [0.3, 0.4) is 0 Å². The molecule has 0 spiro atoms. The molecule has 12 nitrogen and oxygen atoms in total. The van der Waals surface area contributed by atoms with Crippen molar-refractivity contribution in [2.75, 3.05) is 33.1 Å². The lowest BCUT2D eigenvalue weighted by molar-refractivity contribution is -0.184. The molecule has 3 aliphatic rings. The number of anilines is 1. The van der Waals surface area contributed by atoms with Crippen molar-refractivity contribution in [2.24, 2.45) is 28.9 Å². The lowest BCUT2D eigenvalue weighted by Crippen LogP contribution is -2.73. The van der Waals surface area contributed by atoms with Gasteiger partial charge in [0.05, 0.1) is 11.7 Å². The van der Waals surface area contributed by atoms with Gasteiger partial charge in [-0.15, -0.1) is 0 Å². The van der Waals surface area contributed by atoms with Crippen molar-refractivity contribution in [1.29, 1.82) is 0 Å². The number of nitrogens with one attached hydrogen (secondary N) is 1. The van der Waals surface area contributed by atoms with Gasteiger partial charge in [-0.1, -0.05) is 20.8 Å². The topological polar surface area (TPSA) is 194 Å². The SMILES string of the molecule is CN(C)c1cc(CNC(=O)CCC(C)(C)C)c(O)c2c1C[C@@H]1C[C@@H]3[C@@H](N(C)C)C(O)C(C(N)=O)C(=O)[C@]3(O)C(=O)C1=C2O. The highest BCUT2D eigenvalue weighted by Gasteiger charge is 2.67. The molecule has 2 saturated carbocycles. The molecule has 12 heteroatoms. The van der Waals surface area contributed by atoms with Gasteiger partial charge >= 0.3 is 0 Å². The normalized spacial score (nSPS) is 28.7. The van der Waals surface area contributed by atoms with Gasteiger partial charge in [-0.25, -0.2) is 0 Å². The minimum absolute atomic E-state index is 0.00862. The fourth-order valence-corrected chi connectivity index (χ4v) is 7.01. The van der Waals surface area contributed by atoms with E-state index >= 15 is 0 Å². The Bertz CT molecular complexity index is 1390. The van der Waals surface area contributed by atoms with Crippen LogP contribution in [0.15, 0.2) is 11.6 Å². The highest BCUT2D eigenvalue weighted by Crippen LogP contribution is 2.53. The third kappa shape index (κ3) is 5.40. The number of nitrogens with zero attached hydrogens (tertiary/aromatic N) is 2. The number of Topliss-reactive ketones (excluding diaryl/α,β-unsaturated/α-hetero) is 2. The van der Waals surface area contributed by atoms with Crippen LogP contribution in [0.1, 0.15) is 56.7 Å². The average Bonchev–Trinajstić information content (AvgIpc) is 2.88. The van der Waals surface area contributed by atoms with Crippen molar-refractivity contribution in [3.63, 3.8) is 0 Å². The summed E-state index contributed by atoms with van der Waals surface area (Å²) in [5.41, 5.74) is 4.00. The standard InChI is InChI=1S/C31H44N4O8/c1-30(2,3)9-8-19(36)33-13-15-12-18(34(4)5)16-10-14-11-17-23(35(6)7)26(39)22(29(32)42)28(41)31(17,43)27(40)20(14)25(38)21(16)24(15)37/h12,14,17,22-23,26,37-39,43H,8-11,13H2,1-7H3,(H2,32,42)(H,33,36)/t14-,17-,22?,23-,26?,31-/m1/s1. The monoisotopic (exact) mass is 600 g/mol. The Morgan fingerprint density at radius 1 is 1.14 bits per heavy atom. The number of phenols is 1. The fraction of sp³-hybridized carbons (Fsp3) is 0.613. The molecule has 0 radical (unpaired) electrons. The van der Waals surface area contributed by atoms with E-state index in [0.29, 0.717) is 29.7 Å². The summed E-state index contributed by atoms with van der Waals surface area (Å²) in [6.07, 6.45) is -0.355. The quantitative estimate of drug-likeness (QED) is 0.242. The number of nitrogens with two attached hydrogens (primary N) is 1. The minimum atomic E-state index is -2.72. The molecule has 2 fully saturated rings. The maximum Gasteiger partial charge on any atom is 0.230 e. The molecule has 1 aromatic rings. The fourth-order valence-electron chi connectivity index (χ4n) is 7.01. The number of hydrogen-bond acceptors (Lipinski definition) is 10. The summed E-state index contributed by atoms with van der Waals surface area (Å²) in [6.45, 7) is 6.07. The minimum Gasteiger partial charge on any atom is -0.507 e. The number of rotatable bonds is 7. The number of ketones is 2. The first-order valence-electron chi connectivity index (χ1n) is 14.5. The predicted molar refractivity (Wildman–Crippen MR) is 159 cm³/mol. The summed E-state index contributed by atoms with van der Waals surface area (Å²) in [6, 6.07) is 0.769. The Morgan fingerprint density at radius 2 is 1.77 bits per heavy atom. The zero-order valence-electron chi connectivity index (χ0n) is 25.9. The van der Waals surface area contributed by atoms with Crippen LogP contribution in [0.2, 0.25) is 0 Å². The molecule has 4 rings (SSSR count). The third-order valence-electron chi connectivity index (χ3n) is 9.20. The van der Waals surface area contributed by atoms with Crippen molar-refractivity contribution in [1.82, 2.24) is 10.2 Å². The van der Waals surface area contributed by atoms with Gasteiger partial charge in [0.1, 0.15) is 17.4 Å². The number of fused-ring (bicyclic) bond motifs is 3. The van der Waals surface area contributed by atoms with Gasteiger partial charge in [0.2, 0.25) is 17.6 Å². The van der Waals surface area contributed by atoms with Gasteiger partial charge in [0.15, 0.2) is 11.4 Å². The van der Waals surface area contributed by atoms with Gasteiger partial charge in [-0.2, -0.15) is 0 Å². The summed E-state index contributed by atoms with van der Waals surface area (Å²) in [5, 5.41) is 48.6. The van der Waals surface area contributed by atoms with Crippen LogP contribution in [0.5, 0.6) is 5.75 Å². The van der Waals surface area contributed by atoms with Crippen molar-refractivity contribution in [3.05, 3.63) is 28.3 Å². The Hall–Kier alpha value is -3.48. The first-order valence-corrected chi connectivity index (χ1v) is 14.5. The van der Waals surface area contributed by atoms with Crippen LogP contribution in [0.25, 0.3) is 5.76 Å². The third-order valence-corrected chi connectivity index (χ3v) is 9.20. The zero-order valence-corrected chi connectivity index (χ0v) is 25.9. The molecule has 1 aromatic carbocycles. The lowest BCUT2D eigenvalue weighted by atomic mass is 9.54. The molecule has 2 amide bonds. The van der Waals surface area contributed by atoms with E-state index in [1.165, 1.54) is 0 Å². The van der Waals surface area contributed by atoms with E-state index in [1.54, 1.807) is 44.1 Å². The number of likely N-dealkylation sites (N-methyl/N-ethyl adjacent to an activating group) is 1. The van der Waals surface area contributed by atoms with E-state index in [-0.39, 0.29) is 47.6 Å². The van der Waals surface area contributed by atoms with Crippen molar-refractivity contribution in [2.45, 2.75) is 70.7 Å². The number of hydrogen-bond donors (Lipinski definition) is 6. The highest BCUT2D eigenvalue weighted by molar-refractivity contribution is 6.25. The van der Waals surface area contributed by atoms with Gasteiger partial charge in [-0.05, 0) is 56.3 Å². The number of carbonyl (C=O) groups excluding carboxylic acids is 4. The number of primary amides is 1. The second-order valence-electron chi connectivity index (χ2n) is 13.8. The van der Waals surface area contributed by atoms with Crippen LogP contribution in [-0.4, -0.2) is 94.6 Å². The van der Waals surface area contributed by atoms with Crippen LogP contribution in [0, 0.1) is 23.2 Å². The van der Waals surface area contributed by atoms with Crippen LogP contribution >= 0.6 is 0 Å². The van der Waals surface area contributed by atoms with Crippen molar-refractivity contribution < 1.29 is 39.6 Å². The van der Waals surface area contributed by atoms with Crippen LogP contribution < -0.4 is 16.0 Å². The van der Waals surface area contributed by atoms with Gasteiger partial charge in [0.25, 0.3) is 0 Å². The van der Waals surface area contributed by atoms with E-state index in [4.69, 9.17) is 5.73 Å². The van der Waals surface area contributed by atoms with Crippen molar-refractivity contribution >= 4 is 34.8 Å². The Kier molecular flexibility index (Phi) is 8.46. The van der Waals surface area contributed by atoms with E-state index in [9.17, 15) is 39.6 Å². The van der Waals surface area contributed by atoms with Crippen molar-refractivity contribution in [3.8, 4) is 5.75 Å². The molecule has 0 aliphatic heterocycles. The molecule has 0 aromatic heterocycles. The molecular formula is C31H44N4O8. The lowest BCUT2D eigenvalue weighted by Gasteiger charge is -2.53. The first-order chi connectivity index (χ1) is 19.8. The summed E-state index contributed by atoms with van der Waals surface area (Å²) in [5.74, 6) is -8.10. The Morgan fingerprint density at radius 3 is 2.30 bits per heavy atom. The maximum atomic E-state index is 14.1. The van der Waals surface area contributed by atoms with Gasteiger partial charge in [-0.3, -0.25) is 19.2 Å². The Labute approximate surface area is 251 Å². The second-order valence-corrected chi connectivity index (χ2v) is 13.8. The number of amides is 2. The van der Waals surface area contributed by atoms with E-state index in [1.807, 2.05) is 20.8 Å². The summed E-state index contributed by atoms with van der Waals surface area (Å²) < 4.78 is 0. The maximum absolute atomic E-state index is 14.1. The number of aromatic hydroxyl groups is 1. The van der Waals surface area contributed by atoms with Gasteiger partial charge in [0, 0.05) is 55.8 Å². The molecule has 3 aliphatic carbocycles. The first kappa shape index (κ1) is 32.4. The molecule has 2 unspecified atom stereocenters.